The van der Waals surface area contributed by atoms with Crippen LogP contribution in [0.2, 0.25) is 0 Å². The first kappa shape index (κ1) is 22.6. The lowest BCUT2D eigenvalue weighted by Gasteiger charge is -2.37. The van der Waals surface area contributed by atoms with Crippen molar-refractivity contribution in [2.75, 3.05) is 20.8 Å². The van der Waals surface area contributed by atoms with Gasteiger partial charge in [0.15, 0.2) is 11.5 Å². The smallest absolute Gasteiger partial charge is 0.200 e. The second-order valence-corrected chi connectivity index (χ2v) is 8.49. The molecule has 3 aromatic rings. The molecular formula is C27H30O6. The number of ether oxygens (including phenoxy) is 3. The SMILES string of the molecule is CCc1cc2c(c(C)c1O)OCC(c1cc(OC)c(O)c(OC)c1)C2c1ccc(O)cc1C. The van der Waals surface area contributed by atoms with Crippen molar-refractivity contribution in [3.63, 3.8) is 0 Å². The first-order chi connectivity index (χ1) is 15.8. The number of hydrogen-bond acceptors (Lipinski definition) is 6. The van der Waals surface area contributed by atoms with E-state index >= 15 is 0 Å². The van der Waals surface area contributed by atoms with Gasteiger partial charge in [-0.1, -0.05) is 13.0 Å². The number of benzene rings is 3. The molecule has 0 aromatic heterocycles. The normalized spacial score (nSPS) is 17.2. The molecule has 0 bridgehead atoms. The molecule has 0 fully saturated rings. The van der Waals surface area contributed by atoms with E-state index in [0.717, 1.165) is 33.4 Å². The number of phenols is 3. The van der Waals surface area contributed by atoms with E-state index in [2.05, 4.69) is 0 Å². The molecule has 3 N–H and O–H groups in total. The van der Waals surface area contributed by atoms with E-state index in [9.17, 15) is 15.3 Å². The summed E-state index contributed by atoms with van der Waals surface area (Å²) in [6.07, 6.45) is 0.687. The van der Waals surface area contributed by atoms with Crippen molar-refractivity contribution in [3.05, 3.63) is 69.8 Å². The van der Waals surface area contributed by atoms with Crippen molar-refractivity contribution in [2.45, 2.75) is 39.0 Å². The van der Waals surface area contributed by atoms with E-state index in [0.29, 0.717) is 30.3 Å². The molecule has 1 aliphatic heterocycles. The summed E-state index contributed by atoms with van der Waals surface area (Å²) >= 11 is 0. The molecule has 6 nitrogen and oxygen atoms in total. The van der Waals surface area contributed by atoms with Crippen LogP contribution in [0.1, 0.15) is 52.1 Å². The Hall–Kier alpha value is -3.54. The fourth-order valence-electron chi connectivity index (χ4n) is 4.87. The summed E-state index contributed by atoms with van der Waals surface area (Å²) in [4.78, 5) is 0. The van der Waals surface area contributed by atoms with E-state index in [1.807, 2.05) is 45.0 Å². The highest BCUT2D eigenvalue weighted by Gasteiger charge is 2.37. The van der Waals surface area contributed by atoms with Gasteiger partial charge in [0.2, 0.25) is 5.75 Å². The number of hydrogen-bond donors (Lipinski definition) is 3. The second kappa shape index (κ2) is 8.77. The molecule has 2 atom stereocenters. The Labute approximate surface area is 194 Å². The van der Waals surface area contributed by atoms with E-state index in [1.165, 1.54) is 14.2 Å². The predicted molar refractivity (Wildman–Crippen MR) is 126 cm³/mol. The van der Waals surface area contributed by atoms with Gasteiger partial charge in [-0.05, 0) is 72.9 Å². The van der Waals surface area contributed by atoms with Gasteiger partial charge < -0.3 is 29.5 Å². The van der Waals surface area contributed by atoms with E-state index < -0.39 is 0 Å². The summed E-state index contributed by atoms with van der Waals surface area (Å²) in [5.74, 6) is 1.53. The molecule has 0 saturated carbocycles. The molecule has 1 heterocycles. The van der Waals surface area contributed by atoms with Gasteiger partial charge in [-0.15, -0.1) is 0 Å². The minimum absolute atomic E-state index is 0.0488. The summed E-state index contributed by atoms with van der Waals surface area (Å²) in [6, 6.07) is 11.0. The molecule has 0 spiro atoms. The van der Waals surface area contributed by atoms with Crippen LogP contribution in [0.15, 0.2) is 36.4 Å². The molecule has 174 valence electrons. The highest BCUT2D eigenvalue weighted by molar-refractivity contribution is 5.61. The Morgan fingerprint density at radius 3 is 2.15 bits per heavy atom. The van der Waals surface area contributed by atoms with Crippen LogP contribution in [0.3, 0.4) is 0 Å². The molecule has 0 radical (unpaired) electrons. The maximum absolute atomic E-state index is 10.7. The van der Waals surface area contributed by atoms with Crippen LogP contribution in [-0.4, -0.2) is 36.1 Å². The summed E-state index contributed by atoms with van der Waals surface area (Å²) in [6.45, 7) is 6.23. The number of phenolic OH excluding ortho intramolecular Hbond substituents is 3. The molecular weight excluding hydrogens is 420 g/mol. The minimum Gasteiger partial charge on any atom is -0.508 e. The van der Waals surface area contributed by atoms with Gasteiger partial charge in [-0.2, -0.15) is 0 Å². The van der Waals surface area contributed by atoms with Crippen LogP contribution in [-0.2, 0) is 6.42 Å². The number of methoxy groups -OCH3 is 2. The van der Waals surface area contributed by atoms with Crippen LogP contribution in [0.4, 0.5) is 0 Å². The second-order valence-electron chi connectivity index (χ2n) is 8.49. The molecule has 6 heteroatoms. The van der Waals surface area contributed by atoms with Crippen LogP contribution >= 0.6 is 0 Å². The Morgan fingerprint density at radius 1 is 0.909 bits per heavy atom. The van der Waals surface area contributed by atoms with Crippen molar-refractivity contribution in [2.24, 2.45) is 0 Å². The maximum atomic E-state index is 10.7. The predicted octanol–water partition coefficient (Wildman–Crippen LogP) is 5.31. The van der Waals surface area contributed by atoms with Crippen molar-refractivity contribution >= 4 is 0 Å². The summed E-state index contributed by atoms with van der Waals surface area (Å²) in [7, 11) is 3.01. The van der Waals surface area contributed by atoms with Crippen LogP contribution in [0, 0.1) is 13.8 Å². The standard InChI is InChI=1S/C27H30O6/c1-6-16-10-20-24(19-8-7-18(28)9-14(19)2)21(13-33-27(20)15(3)25(16)29)17-11-22(31-4)26(30)23(12-17)32-5/h7-12,21,24,28-30H,6,13H2,1-5H3. The molecule has 0 saturated heterocycles. The molecule has 1 aliphatic rings. The van der Waals surface area contributed by atoms with Crippen molar-refractivity contribution in [1.29, 1.82) is 0 Å². The first-order valence-corrected chi connectivity index (χ1v) is 11.0. The molecule has 33 heavy (non-hydrogen) atoms. The van der Waals surface area contributed by atoms with E-state index in [1.54, 1.807) is 12.1 Å². The van der Waals surface area contributed by atoms with Gasteiger partial charge in [0, 0.05) is 23.0 Å². The third-order valence-corrected chi connectivity index (χ3v) is 6.64. The Balaban J connectivity index is 1.98. The monoisotopic (exact) mass is 450 g/mol. The van der Waals surface area contributed by atoms with Crippen LogP contribution < -0.4 is 14.2 Å². The summed E-state index contributed by atoms with van der Waals surface area (Å²) in [5, 5.41) is 31.1. The van der Waals surface area contributed by atoms with Gasteiger partial charge in [0.05, 0.1) is 20.8 Å². The number of aryl methyl sites for hydroxylation is 2. The lowest BCUT2D eigenvalue weighted by atomic mass is 9.73. The number of fused-ring (bicyclic) bond motifs is 1. The fraction of sp³-hybridized carbons (Fsp3) is 0.333. The lowest BCUT2D eigenvalue weighted by molar-refractivity contribution is 0.244. The average molecular weight is 451 g/mol. The van der Waals surface area contributed by atoms with Gasteiger partial charge in [0.25, 0.3) is 0 Å². The molecule has 2 unspecified atom stereocenters. The topological polar surface area (TPSA) is 88.4 Å². The molecule has 4 rings (SSSR count). The largest absolute Gasteiger partial charge is 0.508 e. The minimum atomic E-state index is -0.127. The molecule has 0 aliphatic carbocycles. The van der Waals surface area contributed by atoms with Crippen molar-refractivity contribution in [3.8, 4) is 34.5 Å². The van der Waals surface area contributed by atoms with Gasteiger partial charge >= 0.3 is 0 Å². The van der Waals surface area contributed by atoms with Gasteiger partial charge in [-0.25, -0.2) is 0 Å². The fourth-order valence-corrected chi connectivity index (χ4v) is 4.87. The Kier molecular flexibility index (Phi) is 6.02. The lowest BCUT2D eigenvalue weighted by Crippen LogP contribution is -2.26. The Morgan fingerprint density at radius 2 is 1.58 bits per heavy atom. The number of rotatable bonds is 5. The van der Waals surface area contributed by atoms with E-state index in [4.69, 9.17) is 14.2 Å². The van der Waals surface area contributed by atoms with Crippen molar-refractivity contribution in [1.82, 2.24) is 0 Å². The average Bonchev–Trinajstić information content (AvgIpc) is 2.81. The zero-order valence-corrected chi connectivity index (χ0v) is 19.6. The molecule has 0 amide bonds. The highest BCUT2D eigenvalue weighted by Crippen LogP contribution is 2.52. The third kappa shape index (κ3) is 3.80. The molecule has 3 aromatic carbocycles. The van der Waals surface area contributed by atoms with Crippen LogP contribution in [0.5, 0.6) is 34.5 Å². The highest BCUT2D eigenvalue weighted by atomic mass is 16.5. The Bertz CT molecular complexity index is 1170. The van der Waals surface area contributed by atoms with E-state index in [-0.39, 0.29) is 29.1 Å². The summed E-state index contributed by atoms with van der Waals surface area (Å²) in [5.41, 5.74) is 5.48. The summed E-state index contributed by atoms with van der Waals surface area (Å²) < 4.78 is 17.0. The van der Waals surface area contributed by atoms with Crippen molar-refractivity contribution < 1.29 is 29.5 Å². The number of aromatic hydroxyl groups is 3. The third-order valence-electron chi connectivity index (χ3n) is 6.64. The maximum Gasteiger partial charge on any atom is 0.200 e. The van der Waals surface area contributed by atoms with Gasteiger partial charge in [-0.3, -0.25) is 0 Å². The van der Waals surface area contributed by atoms with Gasteiger partial charge in [0.1, 0.15) is 17.2 Å². The zero-order chi connectivity index (χ0) is 23.9. The van der Waals surface area contributed by atoms with Crippen LogP contribution in [0.25, 0.3) is 0 Å². The zero-order valence-electron chi connectivity index (χ0n) is 19.6. The first-order valence-electron chi connectivity index (χ1n) is 11.0. The quantitative estimate of drug-likeness (QED) is 0.488.